The summed E-state index contributed by atoms with van der Waals surface area (Å²) in [4.78, 5) is 0. The number of hydrogen-bond acceptors (Lipinski definition) is 1. The summed E-state index contributed by atoms with van der Waals surface area (Å²) in [5.74, 6) is -0.247. The highest BCUT2D eigenvalue weighted by molar-refractivity contribution is 6.42. The van der Waals surface area contributed by atoms with E-state index in [1.54, 1.807) is 12.1 Å². The summed E-state index contributed by atoms with van der Waals surface area (Å²) >= 11 is 12.0. The van der Waals surface area contributed by atoms with E-state index < -0.39 is 0 Å². The average molecular weight is 312 g/mol. The Hall–Kier alpha value is -1.25. The molecule has 2 aromatic carbocycles. The van der Waals surface area contributed by atoms with Gasteiger partial charge in [-0.05, 0) is 42.7 Å². The summed E-state index contributed by atoms with van der Waals surface area (Å²) in [6.45, 7) is 3.92. The van der Waals surface area contributed by atoms with Crippen LogP contribution in [0, 0.1) is 12.7 Å². The molecule has 0 radical (unpaired) electrons. The maximum Gasteiger partial charge on any atom is 0.146 e. The van der Waals surface area contributed by atoms with Crippen molar-refractivity contribution in [2.24, 2.45) is 0 Å². The van der Waals surface area contributed by atoms with Gasteiger partial charge in [0.25, 0.3) is 0 Å². The molecular weight excluding hydrogens is 296 g/mol. The van der Waals surface area contributed by atoms with E-state index >= 15 is 0 Å². The first kappa shape index (κ1) is 15.1. The third-order valence-corrected chi connectivity index (χ3v) is 4.03. The van der Waals surface area contributed by atoms with Crippen LogP contribution >= 0.6 is 23.2 Å². The molecule has 0 saturated heterocycles. The Labute approximate surface area is 128 Å². The molecule has 20 heavy (non-hydrogen) atoms. The van der Waals surface area contributed by atoms with Crippen molar-refractivity contribution >= 4 is 28.9 Å². The lowest BCUT2D eigenvalue weighted by Gasteiger charge is -2.21. The lowest BCUT2D eigenvalue weighted by Crippen LogP contribution is -2.12. The molecule has 2 aromatic rings. The summed E-state index contributed by atoms with van der Waals surface area (Å²) in [7, 11) is 0. The minimum Gasteiger partial charge on any atom is -0.376 e. The van der Waals surface area contributed by atoms with Crippen molar-refractivity contribution < 1.29 is 4.39 Å². The lowest BCUT2D eigenvalue weighted by molar-refractivity contribution is 0.622. The van der Waals surface area contributed by atoms with Gasteiger partial charge in [0.05, 0.1) is 21.8 Å². The van der Waals surface area contributed by atoms with E-state index in [-0.39, 0.29) is 11.9 Å². The zero-order valence-electron chi connectivity index (χ0n) is 11.4. The molecule has 0 aliphatic carbocycles. The smallest absolute Gasteiger partial charge is 0.146 e. The molecule has 0 aliphatic heterocycles. The van der Waals surface area contributed by atoms with Crippen molar-refractivity contribution in [2.45, 2.75) is 26.3 Å². The van der Waals surface area contributed by atoms with Crippen molar-refractivity contribution in [1.82, 2.24) is 0 Å². The Morgan fingerprint density at radius 3 is 2.50 bits per heavy atom. The summed E-state index contributed by atoms with van der Waals surface area (Å²) in [6.07, 6.45) is 0.811. The molecule has 1 atom stereocenters. The second-order valence-electron chi connectivity index (χ2n) is 4.71. The summed E-state index contributed by atoms with van der Waals surface area (Å²) in [6, 6.07) is 10.5. The number of hydrogen-bond donors (Lipinski definition) is 1. The molecule has 4 heteroatoms. The van der Waals surface area contributed by atoms with Crippen molar-refractivity contribution in [1.29, 1.82) is 0 Å². The zero-order valence-corrected chi connectivity index (χ0v) is 12.9. The van der Waals surface area contributed by atoms with E-state index in [2.05, 4.69) is 5.32 Å². The van der Waals surface area contributed by atoms with E-state index in [0.717, 1.165) is 17.5 Å². The van der Waals surface area contributed by atoms with Gasteiger partial charge in [0.1, 0.15) is 5.82 Å². The highest BCUT2D eigenvalue weighted by Gasteiger charge is 2.14. The SMILES string of the molecule is CCC(Nc1c(C)cccc1F)c1ccc(Cl)c(Cl)c1. The quantitative estimate of drug-likeness (QED) is 0.729. The first-order chi connectivity index (χ1) is 9.52. The molecule has 0 saturated carbocycles. The molecule has 0 fully saturated rings. The fourth-order valence-electron chi connectivity index (χ4n) is 2.14. The topological polar surface area (TPSA) is 12.0 Å². The Morgan fingerprint density at radius 2 is 1.90 bits per heavy atom. The number of nitrogens with one attached hydrogen (secondary N) is 1. The van der Waals surface area contributed by atoms with Gasteiger partial charge in [0, 0.05) is 0 Å². The van der Waals surface area contributed by atoms with Crippen molar-refractivity contribution in [3.05, 3.63) is 63.4 Å². The number of para-hydroxylation sites is 1. The van der Waals surface area contributed by atoms with Crippen molar-refractivity contribution in [3.8, 4) is 0 Å². The number of benzene rings is 2. The van der Waals surface area contributed by atoms with Gasteiger partial charge in [-0.2, -0.15) is 0 Å². The maximum atomic E-state index is 13.9. The summed E-state index contributed by atoms with van der Waals surface area (Å²) in [5, 5.41) is 4.28. The molecule has 2 rings (SSSR count). The standard InChI is InChI=1S/C16H16Cl2FN/c1-3-15(11-7-8-12(17)13(18)9-11)20-16-10(2)5-4-6-14(16)19/h4-9,15,20H,3H2,1-2H3. The Kier molecular flexibility index (Phi) is 4.90. The number of rotatable bonds is 4. The van der Waals surface area contributed by atoms with Gasteiger partial charge in [-0.1, -0.05) is 48.3 Å². The lowest BCUT2D eigenvalue weighted by atomic mass is 10.0. The van der Waals surface area contributed by atoms with Crippen LogP contribution in [-0.2, 0) is 0 Å². The number of halogens is 3. The Balaban J connectivity index is 2.31. The first-order valence-electron chi connectivity index (χ1n) is 6.49. The highest BCUT2D eigenvalue weighted by Crippen LogP contribution is 2.30. The maximum absolute atomic E-state index is 13.9. The van der Waals surface area contributed by atoms with Crippen LogP contribution in [0.15, 0.2) is 36.4 Å². The van der Waals surface area contributed by atoms with E-state index in [4.69, 9.17) is 23.2 Å². The van der Waals surface area contributed by atoms with Gasteiger partial charge < -0.3 is 5.32 Å². The second-order valence-corrected chi connectivity index (χ2v) is 5.52. The molecule has 1 N–H and O–H groups in total. The van der Waals surface area contributed by atoms with Crippen LogP contribution in [0.5, 0.6) is 0 Å². The molecule has 0 bridgehead atoms. The third kappa shape index (κ3) is 3.25. The fraction of sp³-hybridized carbons (Fsp3) is 0.250. The molecule has 0 heterocycles. The number of anilines is 1. The van der Waals surface area contributed by atoms with Gasteiger partial charge in [0.15, 0.2) is 0 Å². The molecule has 106 valence electrons. The number of aryl methyl sites for hydroxylation is 1. The van der Waals surface area contributed by atoms with Crippen molar-refractivity contribution in [3.63, 3.8) is 0 Å². The van der Waals surface area contributed by atoms with Crippen LogP contribution in [0.2, 0.25) is 10.0 Å². The van der Waals surface area contributed by atoms with E-state index in [1.807, 2.05) is 32.0 Å². The molecule has 1 unspecified atom stereocenters. The Morgan fingerprint density at radius 1 is 1.15 bits per heavy atom. The van der Waals surface area contributed by atoms with Gasteiger partial charge in [-0.3, -0.25) is 0 Å². The van der Waals surface area contributed by atoms with Crippen LogP contribution in [0.4, 0.5) is 10.1 Å². The zero-order chi connectivity index (χ0) is 14.7. The second kappa shape index (κ2) is 6.47. The van der Waals surface area contributed by atoms with Gasteiger partial charge in [0.2, 0.25) is 0 Å². The van der Waals surface area contributed by atoms with Gasteiger partial charge in [-0.25, -0.2) is 4.39 Å². The molecule has 0 aromatic heterocycles. The van der Waals surface area contributed by atoms with Crippen molar-refractivity contribution in [2.75, 3.05) is 5.32 Å². The molecule has 1 nitrogen and oxygen atoms in total. The molecule has 0 amide bonds. The van der Waals surface area contributed by atoms with E-state index in [0.29, 0.717) is 15.7 Å². The first-order valence-corrected chi connectivity index (χ1v) is 7.25. The van der Waals surface area contributed by atoms with Crippen LogP contribution in [0.3, 0.4) is 0 Å². The summed E-state index contributed by atoms with van der Waals surface area (Å²) < 4.78 is 13.9. The molecule has 0 spiro atoms. The normalized spacial score (nSPS) is 12.2. The molecule has 0 aliphatic rings. The van der Waals surface area contributed by atoms with Crippen LogP contribution in [0.25, 0.3) is 0 Å². The average Bonchev–Trinajstić information content (AvgIpc) is 2.42. The van der Waals surface area contributed by atoms with Crippen LogP contribution in [0.1, 0.15) is 30.5 Å². The highest BCUT2D eigenvalue weighted by atomic mass is 35.5. The van der Waals surface area contributed by atoms with E-state index in [1.165, 1.54) is 6.07 Å². The van der Waals surface area contributed by atoms with Crippen LogP contribution in [-0.4, -0.2) is 0 Å². The van der Waals surface area contributed by atoms with E-state index in [9.17, 15) is 4.39 Å². The largest absolute Gasteiger partial charge is 0.376 e. The Bertz CT molecular complexity index is 593. The minimum absolute atomic E-state index is 0.0135. The molecular formula is C16H16Cl2FN. The minimum atomic E-state index is -0.247. The predicted octanol–water partition coefficient (Wildman–Crippen LogP) is 6.00. The van der Waals surface area contributed by atoms with Gasteiger partial charge >= 0.3 is 0 Å². The van der Waals surface area contributed by atoms with Gasteiger partial charge in [-0.15, -0.1) is 0 Å². The fourth-order valence-corrected chi connectivity index (χ4v) is 2.45. The third-order valence-electron chi connectivity index (χ3n) is 3.29. The monoisotopic (exact) mass is 311 g/mol. The summed E-state index contributed by atoms with van der Waals surface area (Å²) in [5.41, 5.74) is 2.40. The van der Waals surface area contributed by atoms with Crippen LogP contribution < -0.4 is 5.32 Å². The predicted molar refractivity (Wildman–Crippen MR) is 84.3 cm³/mol.